The molecule has 0 radical (unpaired) electrons. The predicted molar refractivity (Wildman–Crippen MR) is 161 cm³/mol. The van der Waals surface area contributed by atoms with Gasteiger partial charge in [0.25, 0.3) is 5.91 Å². The van der Waals surface area contributed by atoms with Crippen LogP contribution in [0.3, 0.4) is 0 Å². The number of pyridine rings is 1. The van der Waals surface area contributed by atoms with E-state index in [1.54, 1.807) is 25.6 Å². The summed E-state index contributed by atoms with van der Waals surface area (Å²) in [6.07, 6.45) is 6.50. The first-order valence-electron chi connectivity index (χ1n) is 14.9. The highest BCUT2D eigenvalue weighted by atomic mass is 16.5. The second kappa shape index (κ2) is 12.8. The highest BCUT2D eigenvalue weighted by Crippen LogP contribution is 2.45. The fraction of sp³-hybridized carbons (Fsp3) is 0.469. The number of carbonyl (C=O) groups excluding carboxylic acids is 3. The minimum atomic E-state index is -0.853. The van der Waals surface area contributed by atoms with E-state index in [0.29, 0.717) is 37.3 Å². The largest absolute Gasteiger partial charge is 0.496 e. The predicted octanol–water partition coefficient (Wildman–Crippen LogP) is 2.90. The van der Waals surface area contributed by atoms with Crippen molar-refractivity contribution in [1.82, 2.24) is 31.2 Å². The number of fused-ring (bicyclic) bond motifs is 1. The summed E-state index contributed by atoms with van der Waals surface area (Å²) in [4.78, 5) is 47.1. The minimum absolute atomic E-state index is 0.0781. The molecule has 5 rings (SSSR count). The number of hydrogen-bond donors (Lipinski definition) is 5. The van der Waals surface area contributed by atoms with Crippen LogP contribution in [0.15, 0.2) is 48.8 Å². The van der Waals surface area contributed by atoms with Gasteiger partial charge >= 0.3 is 0 Å². The molecular weight excluding hydrogens is 546 g/mol. The van der Waals surface area contributed by atoms with E-state index in [-0.39, 0.29) is 17.7 Å². The zero-order valence-electron chi connectivity index (χ0n) is 24.8. The second-order valence-corrected chi connectivity index (χ2v) is 12.0. The summed E-state index contributed by atoms with van der Waals surface area (Å²) in [5.74, 6) is -0.482. The highest BCUT2D eigenvalue weighted by molar-refractivity contribution is 6.01. The third kappa shape index (κ3) is 6.81. The lowest BCUT2D eigenvalue weighted by atomic mass is 9.92. The van der Waals surface area contributed by atoms with Gasteiger partial charge in [0.15, 0.2) is 0 Å². The van der Waals surface area contributed by atoms with Crippen molar-refractivity contribution >= 4 is 28.6 Å². The molecule has 1 saturated carbocycles. The van der Waals surface area contributed by atoms with E-state index in [2.05, 4.69) is 37.3 Å². The Morgan fingerprint density at radius 2 is 2.02 bits per heavy atom. The van der Waals surface area contributed by atoms with Gasteiger partial charge in [0.2, 0.25) is 11.8 Å². The number of nitrogens with zero attached hydrogens (tertiary/aromatic N) is 2. The maximum absolute atomic E-state index is 13.9. The van der Waals surface area contributed by atoms with Gasteiger partial charge in [-0.1, -0.05) is 26.0 Å². The van der Waals surface area contributed by atoms with Crippen LogP contribution in [0.2, 0.25) is 0 Å². The van der Waals surface area contributed by atoms with Crippen molar-refractivity contribution in [2.24, 2.45) is 11.8 Å². The van der Waals surface area contributed by atoms with Crippen LogP contribution < -0.4 is 26.0 Å². The summed E-state index contributed by atoms with van der Waals surface area (Å²) in [7, 11) is 1.57. The van der Waals surface area contributed by atoms with Gasteiger partial charge in [0.05, 0.1) is 19.2 Å². The normalized spacial score (nSPS) is 19.2. The molecule has 3 aromatic rings. The molecule has 1 unspecified atom stereocenters. The molecule has 2 aliphatic rings. The number of aromatic amines is 1. The molecule has 1 aromatic carbocycles. The molecule has 1 saturated heterocycles. The topological polar surface area (TPSA) is 161 Å². The van der Waals surface area contributed by atoms with Crippen molar-refractivity contribution in [2.75, 3.05) is 13.7 Å². The average Bonchev–Trinajstić information content (AvgIpc) is 3.47. The molecule has 0 bridgehead atoms. The Bertz CT molecular complexity index is 1510. The van der Waals surface area contributed by atoms with Gasteiger partial charge in [-0.2, -0.15) is 5.26 Å². The molecule has 1 aliphatic heterocycles. The summed E-state index contributed by atoms with van der Waals surface area (Å²) >= 11 is 0. The van der Waals surface area contributed by atoms with Crippen molar-refractivity contribution in [3.8, 4) is 11.8 Å². The Morgan fingerprint density at radius 3 is 2.65 bits per heavy atom. The lowest BCUT2D eigenvalue weighted by Gasteiger charge is -2.31. The third-order valence-electron chi connectivity index (χ3n) is 8.38. The first-order chi connectivity index (χ1) is 20.7. The van der Waals surface area contributed by atoms with Crippen LogP contribution in [0.25, 0.3) is 10.9 Å². The third-order valence-corrected chi connectivity index (χ3v) is 8.38. The van der Waals surface area contributed by atoms with Crippen LogP contribution in [0.4, 0.5) is 0 Å². The Labute approximate surface area is 251 Å². The number of benzene rings is 1. The van der Waals surface area contributed by atoms with E-state index in [4.69, 9.17) is 4.74 Å². The number of ether oxygens (including phenoxy) is 1. The van der Waals surface area contributed by atoms with Gasteiger partial charge in [-0.3, -0.25) is 24.7 Å². The van der Waals surface area contributed by atoms with E-state index in [1.807, 2.05) is 44.2 Å². The maximum Gasteiger partial charge on any atom is 0.268 e. The maximum atomic E-state index is 13.9. The number of nitriles is 1. The number of methoxy groups -OCH3 is 1. The van der Waals surface area contributed by atoms with Gasteiger partial charge in [-0.25, -0.2) is 0 Å². The zero-order valence-corrected chi connectivity index (χ0v) is 24.8. The van der Waals surface area contributed by atoms with Crippen molar-refractivity contribution in [3.63, 3.8) is 0 Å². The van der Waals surface area contributed by atoms with Gasteiger partial charge in [-0.05, 0) is 67.9 Å². The lowest BCUT2D eigenvalue weighted by molar-refractivity contribution is -0.126. The minimum Gasteiger partial charge on any atom is -0.496 e. The number of hydrogen-bond acceptors (Lipinski definition) is 7. The molecule has 2 fully saturated rings. The van der Waals surface area contributed by atoms with Gasteiger partial charge in [0.1, 0.15) is 23.5 Å². The smallest absolute Gasteiger partial charge is 0.268 e. The molecule has 1 aliphatic carbocycles. The van der Waals surface area contributed by atoms with E-state index in [0.717, 1.165) is 29.3 Å². The highest BCUT2D eigenvalue weighted by Gasteiger charge is 2.47. The molecular formula is C32H39N7O4. The fourth-order valence-electron chi connectivity index (χ4n) is 5.91. The number of aromatic nitrogens is 2. The van der Waals surface area contributed by atoms with Crippen LogP contribution in [0, 0.1) is 23.2 Å². The van der Waals surface area contributed by atoms with Crippen molar-refractivity contribution in [2.45, 2.75) is 69.6 Å². The lowest BCUT2D eigenvalue weighted by Crippen LogP contribution is -2.57. The molecule has 11 heteroatoms. The van der Waals surface area contributed by atoms with Crippen molar-refractivity contribution in [3.05, 3.63) is 60.0 Å². The van der Waals surface area contributed by atoms with Gasteiger partial charge < -0.3 is 25.7 Å². The number of rotatable bonds is 13. The molecule has 5 N–H and O–H groups in total. The molecule has 3 heterocycles. The summed E-state index contributed by atoms with van der Waals surface area (Å²) in [5, 5.41) is 23.4. The number of nitrogens with one attached hydrogen (secondary N) is 5. The Morgan fingerprint density at radius 1 is 1.21 bits per heavy atom. The number of H-pyrrole nitrogens is 1. The molecule has 11 nitrogen and oxygen atoms in total. The number of carbonyl (C=O) groups is 3. The van der Waals surface area contributed by atoms with Crippen LogP contribution in [0.5, 0.6) is 5.75 Å². The van der Waals surface area contributed by atoms with Crippen molar-refractivity contribution in [1.29, 1.82) is 5.26 Å². The quantitative estimate of drug-likeness (QED) is 0.206. The summed E-state index contributed by atoms with van der Waals surface area (Å²) < 4.78 is 5.42. The summed E-state index contributed by atoms with van der Waals surface area (Å²) in [6.45, 7) is 4.52. The second-order valence-electron chi connectivity index (χ2n) is 12.0. The first kappa shape index (κ1) is 30.0. The van der Waals surface area contributed by atoms with Crippen LogP contribution in [-0.4, -0.2) is 59.5 Å². The Balaban J connectivity index is 1.36. The molecule has 43 heavy (non-hydrogen) atoms. The SMILES string of the molecule is COc1cccc2[nH]c(C(=O)N[C@@H](CC(C)C)C(=O)N[C@@H](C[C@@H]3CCNC3=O)C(C#N)NC3(c4cccnc4)CC3)cc12. The van der Waals surface area contributed by atoms with Gasteiger partial charge in [-0.15, -0.1) is 0 Å². The van der Waals surface area contributed by atoms with E-state index >= 15 is 0 Å². The van der Waals surface area contributed by atoms with Crippen LogP contribution >= 0.6 is 0 Å². The average molecular weight is 586 g/mol. The first-order valence-corrected chi connectivity index (χ1v) is 14.9. The van der Waals surface area contributed by atoms with E-state index in [1.165, 1.54) is 0 Å². The van der Waals surface area contributed by atoms with Gasteiger partial charge in [0, 0.05) is 41.3 Å². The Hall–Kier alpha value is -4.43. The van der Waals surface area contributed by atoms with Crippen LogP contribution in [0.1, 0.15) is 62.0 Å². The fourth-order valence-corrected chi connectivity index (χ4v) is 5.91. The monoisotopic (exact) mass is 585 g/mol. The van der Waals surface area contributed by atoms with Crippen LogP contribution in [-0.2, 0) is 15.1 Å². The summed E-state index contributed by atoms with van der Waals surface area (Å²) in [6, 6.07) is 11.1. The number of amides is 3. The standard InChI is InChI=1S/C32H39N7O4/c1-19(2)14-25(38-31(42)26-16-22-23(36-26)7-4-8-28(22)43-3)30(41)37-24(15-20-9-13-35-29(20)40)27(17-33)39-32(10-11-32)21-6-5-12-34-18-21/h4-8,12,16,18-20,24-25,27,36,39H,9-11,13-15H2,1-3H3,(H,35,40)(H,37,41)(H,38,42)/t20-,24-,25-,27?/m0/s1. The molecule has 0 spiro atoms. The summed E-state index contributed by atoms with van der Waals surface area (Å²) in [5.41, 5.74) is 1.63. The molecule has 2 aromatic heterocycles. The molecule has 3 amide bonds. The Kier molecular flexibility index (Phi) is 8.97. The van der Waals surface area contributed by atoms with E-state index in [9.17, 15) is 19.6 Å². The molecule has 4 atom stereocenters. The zero-order chi connectivity index (χ0) is 30.6. The molecule has 226 valence electrons. The van der Waals surface area contributed by atoms with Crippen molar-refractivity contribution < 1.29 is 19.1 Å². The van der Waals surface area contributed by atoms with E-state index < -0.39 is 35.5 Å².